The van der Waals surface area contributed by atoms with E-state index in [1.54, 1.807) is 0 Å². The molecule has 5 rings (SSSR count). The second-order valence-corrected chi connectivity index (χ2v) is 10.2. The van der Waals surface area contributed by atoms with Gasteiger partial charge in [-0.2, -0.15) is 0 Å². The van der Waals surface area contributed by atoms with Gasteiger partial charge in [-0.15, -0.1) is 0 Å². The van der Waals surface area contributed by atoms with Crippen molar-refractivity contribution in [3.05, 3.63) is 135 Å². The van der Waals surface area contributed by atoms with Gasteiger partial charge < -0.3 is 18.9 Å². The van der Waals surface area contributed by atoms with E-state index >= 15 is 17.6 Å². The number of carbonyl (C=O) groups excluding carboxylic acids is 4. The molecule has 0 saturated carbocycles. The Morgan fingerprint density at radius 3 is 1.08 bits per heavy atom. The minimum absolute atomic E-state index is 0.0174. The molecule has 0 fully saturated rings. The van der Waals surface area contributed by atoms with Gasteiger partial charge in [0.25, 0.3) is 0 Å². The van der Waals surface area contributed by atoms with Crippen LogP contribution in [0.5, 0.6) is 23.0 Å². The SMILES string of the molecule is C=CC(=O)Oc1ccc(-c2cc3ccc4cc(-c5ccc(OC(=O)C=C)c(OC(=O)C=C)c5)c(F)c(F)c4c3c(F)c2F)cc1OC(=O)C=C. The second-order valence-electron chi connectivity index (χ2n) is 10.2. The third-order valence-electron chi connectivity index (χ3n) is 7.19. The molecule has 5 aromatic carbocycles. The molecule has 5 aromatic rings. The van der Waals surface area contributed by atoms with Crippen molar-refractivity contribution < 1.29 is 55.7 Å². The van der Waals surface area contributed by atoms with Crippen molar-refractivity contribution in [2.24, 2.45) is 0 Å². The van der Waals surface area contributed by atoms with Gasteiger partial charge in [-0.1, -0.05) is 50.6 Å². The van der Waals surface area contributed by atoms with Crippen molar-refractivity contribution in [3.63, 3.8) is 0 Å². The molecule has 0 aliphatic heterocycles. The van der Waals surface area contributed by atoms with E-state index in [1.807, 2.05) is 0 Å². The predicted molar refractivity (Wildman–Crippen MR) is 175 cm³/mol. The molecular weight excluding hydrogens is 660 g/mol. The van der Waals surface area contributed by atoms with E-state index in [0.29, 0.717) is 0 Å². The smallest absolute Gasteiger partial charge is 0.335 e. The Labute approximate surface area is 280 Å². The van der Waals surface area contributed by atoms with E-state index in [9.17, 15) is 19.2 Å². The predicted octanol–water partition coefficient (Wildman–Crippen LogP) is 8.25. The maximum Gasteiger partial charge on any atom is 0.335 e. The highest BCUT2D eigenvalue weighted by Gasteiger charge is 2.24. The van der Waals surface area contributed by atoms with E-state index in [2.05, 4.69) is 26.3 Å². The Bertz CT molecular complexity index is 2160. The Balaban J connectivity index is 1.66. The molecule has 0 N–H and O–H groups in total. The number of rotatable bonds is 10. The number of benzene rings is 5. The van der Waals surface area contributed by atoms with Crippen molar-refractivity contribution in [3.8, 4) is 45.3 Å². The van der Waals surface area contributed by atoms with Crippen LogP contribution in [0.25, 0.3) is 43.8 Å². The monoisotopic (exact) mass is 682 g/mol. The highest BCUT2D eigenvalue weighted by atomic mass is 19.2. The van der Waals surface area contributed by atoms with Crippen LogP contribution < -0.4 is 18.9 Å². The van der Waals surface area contributed by atoms with Crippen LogP contribution in [0.1, 0.15) is 0 Å². The molecule has 12 heteroatoms. The first-order chi connectivity index (χ1) is 23.9. The number of hydrogen-bond acceptors (Lipinski definition) is 8. The van der Waals surface area contributed by atoms with Gasteiger partial charge in [-0.3, -0.25) is 0 Å². The van der Waals surface area contributed by atoms with Crippen LogP contribution in [0.2, 0.25) is 0 Å². The summed E-state index contributed by atoms with van der Waals surface area (Å²) in [5.41, 5.74) is -0.733. The number of fused-ring (bicyclic) bond motifs is 3. The normalized spacial score (nSPS) is 10.6. The highest BCUT2D eigenvalue weighted by Crippen LogP contribution is 2.42. The third kappa shape index (κ3) is 6.62. The number of carbonyl (C=O) groups is 4. The molecular formula is C38H22F4O8. The zero-order chi connectivity index (χ0) is 36.3. The topological polar surface area (TPSA) is 105 Å². The molecule has 0 aromatic heterocycles. The second kappa shape index (κ2) is 14.1. The lowest BCUT2D eigenvalue weighted by Gasteiger charge is -2.15. The van der Waals surface area contributed by atoms with Crippen LogP contribution in [0.15, 0.2) is 111 Å². The Morgan fingerprint density at radius 2 is 0.760 bits per heavy atom. The summed E-state index contributed by atoms with van der Waals surface area (Å²) in [6.45, 7) is 13.2. The number of ether oxygens (including phenoxy) is 4. The fraction of sp³-hybridized carbons (Fsp3) is 0. The van der Waals surface area contributed by atoms with Gasteiger partial charge in [-0.05, 0) is 58.3 Å². The molecule has 8 nitrogen and oxygen atoms in total. The van der Waals surface area contributed by atoms with E-state index in [4.69, 9.17) is 18.9 Å². The Morgan fingerprint density at radius 1 is 0.440 bits per heavy atom. The van der Waals surface area contributed by atoms with Crippen LogP contribution in [0.4, 0.5) is 17.6 Å². The largest absolute Gasteiger partial charge is 0.419 e. The van der Waals surface area contributed by atoms with Gasteiger partial charge in [0.05, 0.1) is 0 Å². The molecule has 0 heterocycles. The fourth-order valence-electron chi connectivity index (χ4n) is 4.94. The standard InChI is InChI=1S/C38H22F4O8/c1-5-29(43)47-25-13-11-19(17-27(25)49-31(45)7-3)23-15-21-9-10-22-16-24(36(40)38(42)34(22)33(21)37(41)35(23)39)20-12-14-26(48-30(44)6-2)28(18-20)50-32(46)8-4/h5-18H,1-4H2. The van der Waals surface area contributed by atoms with E-state index in [1.165, 1.54) is 48.5 Å². The van der Waals surface area contributed by atoms with Crippen LogP contribution in [0.3, 0.4) is 0 Å². The van der Waals surface area contributed by atoms with Crippen molar-refractivity contribution in [1.82, 2.24) is 0 Å². The summed E-state index contributed by atoms with van der Waals surface area (Å²) in [5, 5.41) is -1.16. The van der Waals surface area contributed by atoms with Crippen LogP contribution in [-0.2, 0) is 19.2 Å². The Hall–Kier alpha value is -6.82. The molecule has 50 heavy (non-hydrogen) atoms. The van der Waals surface area contributed by atoms with Gasteiger partial charge >= 0.3 is 23.9 Å². The lowest BCUT2D eigenvalue weighted by atomic mass is 9.93. The lowest BCUT2D eigenvalue weighted by Crippen LogP contribution is -2.08. The van der Waals surface area contributed by atoms with Gasteiger partial charge in [0.1, 0.15) is 0 Å². The maximum absolute atomic E-state index is 15.9. The average Bonchev–Trinajstić information content (AvgIpc) is 3.12. The number of halogens is 4. The molecule has 0 spiro atoms. The zero-order valence-corrected chi connectivity index (χ0v) is 25.7. The van der Waals surface area contributed by atoms with Crippen molar-refractivity contribution in [2.75, 3.05) is 0 Å². The molecule has 0 aliphatic carbocycles. The minimum Gasteiger partial charge on any atom is -0.419 e. The fourth-order valence-corrected chi connectivity index (χ4v) is 4.94. The summed E-state index contributed by atoms with van der Waals surface area (Å²) in [4.78, 5) is 47.4. The summed E-state index contributed by atoms with van der Waals surface area (Å²) in [6, 6.07) is 12.2. The quantitative estimate of drug-likeness (QED) is 0.0477. The summed E-state index contributed by atoms with van der Waals surface area (Å²) in [7, 11) is 0. The van der Waals surface area contributed by atoms with Crippen molar-refractivity contribution >= 4 is 45.4 Å². The molecule has 0 unspecified atom stereocenters. The lowest BCUT2D eigenvalue weighted by molar-refractivity contribution is -0.131. The van der Waals surface area contributed by atoms with E-state index in [-0.39, 0.29) is 56.0 Å². The maximum atomic E-state index is 15.9. The van der Waals surface area contributed by atoms with Crippen molar-refractivity contribution in [1.29, 1.82) is 0 Å². The molecule has 0 bridgehead atoms. The van der Waals surface area contributed by atoms with Gasteiger partial charge in [0.2, 0.25) is 0 Å². The van der Waals surface area contributed by atoms with Gasteiger partial charge in [0.15, 0.2) is 46.3 Å². The van der Waals surface area contributed by atoms with Crippen LogP contribution in [0, 0.1) is 23.3 Å². The molecule has 250 valence electrons. The van der Waals surface area contributed by atoms with Gasteiger partial charge in [-0.25, -0.2) is 36.7 Å². The molecule has 0 radical (unpaired) electrons. The summed E-state index contributed by atoms with van der Waals surface area (Å²) >= 11 is 0. The average molecular weight is 683 g/mol. The van der Waals surface area contributed by atoms with Crippen LogP contribution >= 0.6 is 0 Å². The summed E-state index contributed by atoms with van der Waals surface area (Å²) < 4.78 is 83.7. The molecule has 0 amide bonds. The first-order valence-corrected chi connectivity index (χ1v) is 14.3. The number of esters is 4. The van der Waals surface area contributed by atoms with E-state index < -0.39 is 57.9 Å². The van der Waals surface area contributed by atoms with Crippen LogP contribution in [-0.4, -0.2) is 23.9 Å². The third-order valence-corrected chi connectivity index (χ3v) is 7.19. The molecule has 0 aliphatic rings. The van der Waals surface area contributed by atoms with E-state index in [0.717, 1.165) is 36.4 Å². The van der Waals surface area contributed by atoms with Gasteiger partial charge in [0, 0.05) is 46.2 Å². The zero-order valence-electron chi connectivity index (χ0n) is 25.7. The first kappa shape index (κ1) is 34.5. The summed E-state index contributed by atoms with van der Waals surface area (Å²) in [6.07, 6.45) is 3.38. The minimum atomic E-state index is -1.51. The highest BCUT2D eigenvalue weighted by molar-refractivity contribution is 6.10. The Kier molecular flexibility index (Phi) is 9.74. The number of hydrogen-bond donors (Lipinski definition) is 0. The summed E-state index contributed by atoms with van der Waals surface area (Å²) in [5.74, 6) is -10.6. The molecule has 0 atom stereocenters. The molecule has 0 saturated heterocycles. The first-order valence-electron chi connectivity index (χ1n) is 14.3. The van der Waals surface area contributed by atoms with Crippen molar-refractivity contribution in [2.45, 2.75) is 0 Å².